The molecule has 1 aliphatic heterocycles. The van der Waals surface area contributed by atoms with E-state index in [2.05, 4.69) is 29.4 Å². The van der Waals surface area contributed by atoms with E-state index in [1.807, 2.05) is 12.1 Å². The lowest BCUT2D eigenvalue weighted by molar-refractivity contribution is -0.116. The minimum absolute atomic E-state index is 0.0293. The highest BCUT2D eigenvalue weighted by Crippen LogP contribution is 2.17. The fraction of sp³-hybridized carbons (Fsp3) is 0.533. The van der Waals surface area contributed by atoms with E-state index in [4.69, 9.17) is 11.6 Å². The number of nitrogens with one attached hydrogen (secondary N) is 2. The van der Waals surface area contributed by atoms with Crippen molar-refractivity contribution in [2.45, 2.75) is 25.8 Å². The van der Waals surface area contributed by atoms with Crippen LogP contribution >= 0.6 is 11.6 Å². The van der Waals surface area contributed by atoms with E-state index in [9.17, 15) is 4.79 Å². The molecule has 1 aliphatic rings. The molecule has 0 aromatic heterocycles. The maximum Gasteiger partial charge on any atom is 0.225 e. The van der Waals surface area contributed by atoms with Crippen LogP contribution in [0.2, 0.25) is 5.02 Å². The number of hydrogen-bond donors (Lipinski definition) is 2. The van der Waals surface area contributed by atoms with Gasteiger partial charge in [0.25, 0.3) is 0 Å². The Balaban J connectivity index is 1.83. The van der Waals surface area contributed by atoms with E-state index in [0.29, 0.717) is 11.4 Å². The number of anilines is 1. The molecule has 1 aromatic carbocycles. The molecule has 1 heterocycles. The molecule has 0 aliphatic carbocycles. The second-order valence-electron chi connectivity index (χ2n) is 5.78. The van der Waals surface area contributed by atoms with Crippen molar-refractivity contribution in [1.82, 2.24) is 10.2 Å². The van der Waals surface area contributed by atoms with Crippen LogP contribution in [0.3, 0.4) is 0 Å². The molecule has 5 heteroatoms. The summed E-state index contributed by atoms with van der Waals surface area (Å²) < 4.78 is 0. The van der Waals surface area contributed by atoms with Crippen LogP contribution in [0.1, 0.15) is 20.3 Å². The Bertz CT molecular complexity index is 476. The van der Waals surface area contributed by atoms with E-state index < -0.39 is 0 Å². The van der Waals surface area contributed by atoms with E-state index in [1.165, 1.54) is 0 Å². The average molecular weight is 296 g/mol. The van der Waals surface area contributed by atoms with Gasteiger partial charge in [-0.1, -0.05) is 17.7 Å². The van der Waals surface area contributed by atoms with Gasteiger partial charge in [0.05, 0.1) is 0 Å². The number of benzene rings is 1. The highest BCUT2D eigenvalue weighted by molar-refractivity contribution is 6.30. The number of nitrogens with zero attached hydrogens (tertiary/aromatic N) is 1. The monoisotopic (exact) mass is 295 g/mol. The predicted molar refractivity (Wildman–Crippen MR) is 83.2 cm³/mol. The zero-order valence-corrected chi connectivity index (χ0v) is 12.8. The summed E-state index contributed by atoms with van der Waals surface area (Å²) in [6, 6.07) is 7.23. The Kier molecular flexibility index (Phi) is 5.02. The summed E-state index contributed by atoms with van der Waals surface area (Å²) in [7, 11) is 0. The van der Waals surface area contributed by atoms with Crippen molar-refractivity contribution in [3.05, 3.63) is 29.3 Å². The molecule has 0 spiro atoms. The number of hydrogen-bond acceptors (Lipinski definition) is 3. The summed E-state index contributed by atoms with van der Waals surface area (Å²) in [5.74, 6) is 0.0293. The summed E-state index contributed by atoms with van der Waals surface area (Å²) in [6.45, 7) is 8.11. The summed E-state index contributed by atoms with van der Waals surface area (Å²) in [6.07, 6.45) is 0.496. The number of carbonyl (C=O) groups is 1. The first-order valence-corrected chi connectivity index (χ1v) is 7.36. The number of carbonyl (C=O) groups excluding carboxylic acids is 1. The fourth-order valence-corrected chi connectivity index (χ4v) is 2.65. The van der Waals surface area contributed by atoms with Crippen molar-refractivity contribution in [3.8, 4) is 0 Å². The Morgan fingerprint density at radius 1 is 1.50 bits per heavy atom. The lowest BCUT2D eigenvalue weighted by Gasteiger charge is -2.42. The summed E-state index contributed by atoms with van der Waals surface area (Å²) in [5, 5.41) is 6.90. The van der Waals surface area contributed by atoms with E-state index in [-0.39, 0.29) is 11.4 Å². The smallest absolute Gasteiger partial charge is 0.225 e. The molecule has 1 fully saturated rings. The molecule has 0 saturated carbocycles. The first-order valence-electron chi connectivity index (χ1n) is 6.98. The Morgan fingerprint density at radius 3 is 3.00 bits per heavy atom. The molecule has 0 atom stereocenters. The van der Waals surface area contributed by atoms with Gasteiger partial charge in [0.1, 0.15) is 0 Å². The maximum atomic E-state index is 12.0. The van der Waals surface area contributed by atoms with Gasteiger partial charge in [0.2, 0.25) is 5.91 Å². The predicted octanol–water partition coefficient (Wildman–Crippen LogP) is 2.35. The zero-order chi connectivity index (χ0) is 14.6. The van der Waals surface area contributed by atoms with Gasteiger partial charge >= 0.3 is 0 Å². The third kappa shape index (κ3) is 4.20. The average Bonchev–Trinajstić information content (AvgIpc) is 2.37. The normalized spacial score (nSPS) is 18.8. The molecular formula is C15H22ClN3O. The van der Waals surface area contributed by atoms with Crippen LogP contribution in [-0.4, -0.2) is 42.5 Å². The molecule has 110 valence electrons. The van der Waals surface area contributed by atoms with E-state index in [0.717, 1.165) is 31.9 Å². The standard InChI is InChI=1S/C15H22ClN3O/c1-15(2)11-17-7-9-19(15)8-6-14(20)18-13-5-3-4-12(16)10-13/h3-5,10,17H,6-9,11H2,1-2H3,(H,18,20). The maximum absolute atomic E-state index is 12.0. The molecule has 1 aromatic rings. The van der Waals surface area contributed by atoms with Crippen molar-refractivity contribution in [2.24, 2.45) is 0 Å². The minimum atomic E-state index is 0.0293. The molecule has 2 N–H and O–H groups in total. The van der Waals surface area contributed by atoms with Crippen molar-refractivity contribution < 1.29 is 4.79 Å². The molecule has 0 bridgehead atoms. The SMILES string of the molecule is CC1(C)CNCCN1CCC(=O)Nc1cccc(Cl)c1. The highest BCUT2D eigenvalue weighted by atomic mass is 35.5. The molecule has 1 saturated heterocycles. The first-order chi connectivity index (χ1) is 9.47. The quantitative estimate of drug-likeness (QED) is 0.896. The van der Waals surface area contributed by atoms with Gasteiger partial charge < -0.3 is 10.6 Å². The van der Waals surface area contributed by atoms with Gasteiger partial charge in [0.15, 0.2) is 0 Å². The third-order valence-electron chi connectivity index (χ3n) is 3.69. The van der Waals surface area contributed by atoms with Crippen molar-refractivity contribution in [2.75, 3.05) is 31.5 Å². The molecule has 0 radical (unpaired) electrons. The first kappa shape index (κ1) is 15.3. The van der Waals surface area contributed by atoms with Crippen LogP contribution in [-0.2, 0) is 4.79 Å². The van der Waals surface area contributed by atoms with Crippen LogP contribution in [0.5, 0.6) is 0 Å². The van der Waals surface area contributed by atoms with E-state index in [1.54, 1.807) is 12.1 Å². The van der Waals surface area contributed by atoms with Gasteiger partial charge in [-0.3, -0.25) is 9.69 Å². The second kappa shape index (κ2) is 6.57. The zero-order valence-electron chi connectivity index (χ0n) is 12.1. The molecule has 0 unspecified atom stereocenters. The van der Waals surface area contributed by atoms with Gasteiger partial charge in [-0.2, -0.15) is 0 Å². The van der Waals surface area contributed by atoms with Crippen molar-refractivity contribution >= 4 is 23.2 Å². The Morgan fingerprint density at radius 2 is 2.30 bits per heavy atom. The van der Waals surface area contributed by atoms with Crippen LogP contribution in [0.15, 0.2) is 24.3 Å². The molecule has 4 nitrogen and oxygen atoms in total. The Hall–Kier alpha value is -1.10. The van der Waals surface area contributed by atoms with Gasteiger partial charge in [-0.15, -0.1) is 0 Å². The van der Waals surface area contributed by atoms with Crippen LogP contribution in [0.25, 0.3) is 0 Å². The topological polar surface area (TPSA) is 44.4 Å². The van der Waals surface area contributed by atoms with Crippen molar-refractivity contribution in [1.29, 1.82) is 0 Å². The number of piperazine rings is 1. The van der Waals surface area contributed by atoms with Crippen LogP contribution in [0.4, 0.5) is 5.69 Å². The van der Waals surface area contributed by atoms with Gasteiger partial charge in [0, 0.05) is 48.8 Å². The molecular weight excluding hydrogens is 274 g/mol. The second-order valence-corrected chi connectivity index (χ2v) is 6.22. The van der Waals surface area contributed by atoms with Gasteiger partial charge in [-0.25, -0.2) is 0 Å². The van der Waals surface area contributed by atoms with Crippen molar-refractivity contribution in [3.63, 3.8) is 0 Å². The third-order valence-corrected chi connectivity index (χ3v) is 3.92. The summed E-state index contributed by atoms with van der Waals surface area (Å²) in [5.41, 5.74) is 0.858. The highest BCUT2D eigenvalue weighted by Gasteiger charge is 2.29. The summed E-state index contributed by atoms with van der Waals surface area (Å²) >= 11 is 5.90. The number of halogens is 1. The molecule has 2 rings (SSSR count). The lowest BCUT2D eigenvalue weighted by Crippen LogP contribution is -2.58. The number of amides is 1. The van der Waals surface area contributed by atoms with Crippen LogP contribution in [0, 0.1) is 0 Å². The number of rotatable bonds is 4. The fourth-order valence-electron chi connectivity index (χ4n) is 2.46. The lowest BCUT2D eigenvalue weighted by atomic mass is 10.00. The van der Waals surface area contributed by atoms with Gasteiger partial charge in [-0.05, 0) is 32.0 Å². The summed E-state index contributed by atoms with van der Waals surface area (Å²) in [4.78, 5) is 14.3. The molecule has 20 heavy (non-hydrogen) atoms. The van der Waals surface area contributed by atoms with E-state index >= 15 is 0 Å². The Labute approximate surface area is 125 Å². The largest absolute Gasteiger partial charge is 0.326 e. The minimum Gasteiger partial charge on any atom is -0.326 e. The van der Waals surface area contributed by atoms with Crippen LogP contribution < -0.4 is 10.6 Å². The molecule has 1 amide bonds.